The topological polar surface area (TPSA) is 81.1 Å². The van der Waals surface area contributed by atoms with Crippen LogP contribution in [0.25, 0.3) is 0 Å². The molecule has 1 N–H and O–H groups in total. The van der Waals surface area contributed by atoms with Crippen molar-refractivity contribution in [2.45, 2.75) is 24.4 Å². The number of hydrogen-bond donors (Lipinski definition) is 1. The smallest absolute Gasteiger partial charge is 0.345 e. The van der Waals surface area contributed by atoms with Crippen LogP contribution in [-0.4, -0.2) is 35.8 Å². The molecule has 2 heterocycles. The lowest BCUT2D eigenvalue weighted by molar-refractivity contribution is -0.168. The van der Waals surface area contributed by atoms with E-state index in [4.69, 9.17) is 11.6 Å². The Morgan fingerprint density at radius 3 is 2.54 bits per heavy atom. The Morgan fingerprint density at radius 1 is 1.36 bits per heavy atom. The summed E-state index contributed by atoms with van der Waals surface area (Å²) in [5.41, 5.74) is 0.315. The summed E-state index contributed by atoms with van der Waals surface area (Å²) >= 11 is 5.73. The first kappa shape index (κ1) is 24.3. The summed E-state index contributed by atoms with van der Waals surface area (Å²) in [6.07, 6.45) is -2.48. The van der Waals surface area contributed by atoms with Crippen molar-refractivity contribution in [2.75, 3.05) is 11.1 Å². The van der Waals surface area contributed by atoms with E-state index in [0.717, 1.165) is 12.3 Å². The van der Waals surface area contributed by atoms with E-state index < -0.39 is 33.6 Å². The number of halogens is 4. The summed E-state index contributed by atoms with van der Waals surface area (Å²) < 4.78 is 64.7. The Morgan fingerprint density at radius 2 is 2.00 bits per heavy atom. The molecule has 12 heteroatoms. The largest absolute Gasteiger partial charge is 0.392 e. The van der Waals surface area contributed by atoms with E-state index in [2.05, 4.69) is 10.3 Å². The van der Waals surface area contributed by atoms with E-state index in [0.29, 0.717) is 5.69 Å². The van der Waals surface area contributed by atoms with Gasteiger partial charge in [0.2, 0.25) is 0 Å². The number of aryl methyl sites for hydroxylation is 1. The molecule has 1 atom stereocenters. The van der Waals surface area contributed by atoms with Crippen molar-refractivity contribution in [2.24, 2.45) is 13.0 Å². The highest BCUT2D eigenvalue weighted by atomic mass is 35.5. The molecule has 6 nitrogen and oxygen atoms in total. The van der Waals surface area contributed by atoms with E-state index in [1.165, 1.54) is 36.9 Å². The lowest BCUT2D eigenvalue weighted by Crippen LogP contribution is -2.29. The van der Waals surface area contributed by atoms with Crippen LogP contribution in [-0.2, 0) is 16.9 Å². The van der Waals surface area contributed by atoms with Gasteiger partial charge in [-0.15, -0.1) is 0 Å². The number of aromatic nitrogens is 2. The SMILES string of the molecule is CC[C@H](CS(=O)(=O)c1cc(C(=O)Nc2ccnc(Cl)c2)n(C)c1)C(F)(F)F.S. The first-order valence-corrected chi connectivity index (χ1v) is 9.85. The van der Waals surface area contributed by atoms with Crippen LogP contribution in [0.15, 0.2) is 35.5 Å². The molecule has 0 aliphatic rings. The van der Waals surface area contributed by atoms with Crippen molar-refractivity contribution in [3.63, 3.8) is 0 Å². The van der Waals surface area contributed by atoms with Crippen molar-refractivity contribution in [3.05, 3.63) is 41.4 Å². The highest BCUT2D eigenvalue weighted by molar-refractivity contribution is 7.91. The van der Waals surface area contributed by atoms with Crippen molar-refractivity contribution in [1.29, 1.82) is 0 Å². The quantitative estimate of drug-likeness (QED) is 0.669. The molecule has 0 bridgehead atoms. The number of hydrogen-bond acceptors (Lipinski definition) is 4. The number of pyridine rings is 1. The Balaban J connectivity index is 0.00000392. The Kier molecular flexibility index (Phi) is 7.98. The van der Waals surface area contributed by atoms with Gasteiger partial charge in [0.15, 0.2) is 9.84 Å². The molecule has 28 heavy (non-hydrogen) atoms. The first-order valence-electron chi connectivity index (χ1n) is 7.82. The standard InChI is InChI=1S/C16H17ClF3N3O3S.H2S/c1-3-10(16(18,19)20)9-27(25,26)12-7-13(23(2)8-12)15(24)22-11-4-5-21-14(17)6-11;/h4-8,10H,3,9H2,1-2H3,(H,21,22,24);1H2/t10-;/m1./s1. The van der Waals surface area contributed by atoms with Gasteiger partial charge in [-0.1, -0.05) is 18.5 Å². The fourth-order valence-electron chi connectivity index (χ4n) is 2.41. The summed E-state index contributed by atoms with van der Waals surface area (Å²) in [6, 6.07) is 3.94. The zero-order valence-corrected chi connectivity index (χ0v) is 17.5. The minimum atomic E-state index is -4.61. The van der Waals surface area contributed by atoms with Gasteiger partial charge in [0.1, 0.15) is 10.8 Å². The molecule has 2 aromatic heterocycles. The van der Waals surface area contributed by atoms with Gasteiger partial charge in [-0.3, -0.25) is 4.79 Å². The second kappa shape index (κ2) is 9.19. The first-order chi connectivity index (χ1) is 12.4. The summed E-state index contributed by atoms with van der Waals surface area (Å²) in [5, 5.41) is 2.68. The lowest BCUT2D eigenvalue weighted by Gasteiger charge is -2.17. The minimum Gasteiger partial charge on any atom is -0.345 e. The van der Waals surface area contributed by atoms with Crippen LogP contribution in [0, 0.1) is 5.92 Å². The fraction of sp³-hybridized carbons (Fsp3) is 0.375. The molecule has 0 unspecified atom stereocenters. The molecule has 0 radical (unpaired) electrons. The highest BCUT2D eigenvalue weighted by Gasteiger charge is 2.41. The summed E-state index contributed by atoms with van der Waals surface area (Å²) in [4.78, 5) is 15.8. The molecule has 2 aromatic rings. The van der Waals surface area contributed by atoms with Gasteiger partial charge in [-0.25, -0.2) is 13.4 Å². The van der Waals surface area contributed by atoms with Gasteiger partial charge in [0, 0.05) is 25.1 Å². The van der Waals surface area contributed by atoms with Crippen LogP contribution in [0.4, 0.5) is 18.9 Å². The van der Waals surface area contributed by atoms with Crippen LogP contribution in [0.2, 0.25) is 5.15 Å². The van der Waals surface area contributed by atoms with Gasteiger partial charge >= 0.3 is 6.18 Å². The predicted octanol–water partition coefficient (Wildman–Crippen LogP) is 3.80. The van der Waals surface area contributed by atoms with Crippen molar-refractivity contribution < 1.29 is 26.4 Å². The summed E-state index contributed by atoms with van der Waals surface area (Å²) in [6.45, 7) is 1.28. The molecular weight excluding hydrogens is 439 g/mol. The predicted molar refractivity (Wildman–Crippen MR) is 105 cm³/mol. The fourth-order valence-corrected chi connectivity index (χ4v) is 4.34. The maximum atomic E-state index is 12.9. The number of carbonyl (C=O) groups excluding carboxylic acids is 1. The lowest BCUT2D eigenvalue weighted by atomic mass is 10.1. The van der Waals surface area contributed by atoms with E-state index in [9.17, 15) is 26.4 Å². The number of rotatable bonds is 6. The highest BCUT2D eigenvalue weighted by Crippen LogP contribution is 2.31. The van der Waals surface area contributed by atoms with Gasteiger partial charge in [-0.2, -0.15) is 26.7 Å². The minimum absolute atomic E-state index is 0. The molecule has 0 aliphatic carbocycles. The number of sulfone groups is 1. The van der Waals surface area contributed by atoms with Crippen LogP contribution in [0.1, 0.15) is 23.8 Å². The number of anilines is 1. The summed E-state index contributed by atoms with van der Waals surface area (Å²) in [7, 11) is -2.80. The third-order valence-corrected chi connectivity index (χ3v) is 5.92. The van der Waals surface area contributed by atoms with Crippen molar-refractivity contribution in [3.8, 4) is 0 Å². The number of nitrogens with one attached hydrogen (secondary N) is 1. The van der Waals surface area contributed by atoms with E-state index in [1.807, 2.05) is 0 Å². The monoisotopic (exact) mass is 457 g/mol. The number of amides is 1. The van der Waals surface area contributed by atoms with Crippen LogP contribution in [0.5, 0.6) is 0 Å². The second-order valence-electron chi connectivity index (χ2n) is 5.92. The van der Waals surface area contributed by atoms with E-state index in [1.54, 1.807) is 0 Å². The van der Waals surface area contributed by atoms with Crippen LogP contribution in [0.3, 0.4) is 0 Å². The molecule has 0 saturated carbocycles. The van der Waals surface area contributed by atoms with Crippen molar-refractivity contribution in [1.82, 2.24) is 9.55 Å². The maximum Gasteiger partial charge on any atom is 0.392 e. The molecule has 2 rings (SSSR count). The third-order valence-electron chi connectivity index (χ3n) is 3.93. The molecule has 156 valence electrons. The third kappa shape index (κ3) is 5.89. The Labute approximate surface area is 172 Å². The van der Waals surface area contributed by atoms with Gasteiger partial charge in [-0.05, 0) is 24.6 Å². The molecule has 0 spiro atoms. The molecule has 0 aliphatic heterocycles. The summed E-state index contributed by atoms with van der Waals surface area (Å²) in [5.74, 6) is -3.68. The maximum absolute atomic E-state index is 12.9. The Bertz CT molecular complexity index is 946. The van der Waals surface area contributed by atoms with Crippen LogP contribution < -0.4 is 5.32 Å². The molecular formula is C16H19ClF3N3O3S2. The Hall–Kier alpha value is -1.72. The second-order valence-corrected chi connectivity index (χ2v) is 8.34. The van der Waals surface area contributed by atoms with Crippen molar-refractivity contribution >= 4 is 46.5 Å². The van der Waals surface area contributed by atoms with E-state index in [-0.39, 0.29) is 35.7 Å². The number of nitrogens with zero attached hydrogens (tertiary/aromatic N) is 2. The zero-order chi connectivity index (χ0) is 20.4. The van der Waals surface area contributed by atoms with Gasteiger partial charge < -0.3 is 9.88 Å². The van der Waals surface area contributed by atoms with Gasteiger partial charge in [0.25, 0.3) is 5.91 Å². The normalized spacial score (nSPS) is 12.9. The average Bonchev–Trinajstić information content (AvgIpc) is 2.94. The number of carbonyl (C=O) groups is 1. The van der Waals surface area contributed by atoms with E-state index >= 15 is 0 Å². The average molecular weight is 458 g/mol. The molecule has 0 fully saturated rings. The molecule has 1 amide bonds. The number of alkyl halides is 3. The molecule has 0 aromatic carbocycles. The zero-order valence-electron chi connectivity index (χ0n) is 14.9. The van der Waals surface area contributed by atoms with Gasteiger partial charge in [0.05, 0.1) is 16.6 Å². The van der Waals surface area contributed by atoms with Crippen LogP contribution >= 0.6 is 25.1 Å². The molecule has 0 saturated heterocycles.